The van der Waals surface area contributed by atoms with Crippen molar-refractivity contribution in [2.24, 2.45) is 0 Å². The van der Waals surface area contributed by atoms with Crippen LogP contribution >= 0.6 is 0 Å². The first-order valence-electron chi connectivity index (χ1n) is 6.63. The van der Waals surface area contributed by atoms with E-state index in [0.29, 0.717) is 6.54 Å². The summed E-state index contributed by atoms with van der Waals surface area (Å²) in [5.74, 6) is -1.59. The van der Waals surface area contributed by atoms with E-state index in [-0.39, 0.29) is 23.1 Å². The quantitative estimate of drug-likeness (QED) is 0.846. The number of fused-ring (bicyclic) bond motifs is 1. The van der Waals surface area contributed by atoms with Gasteiger partial charge in [-0.15, -0.1) is 0 Å². The van der Waals surface area contributed by atoms with Gasteiger partial charge in [0, 0.05) is 24.5 Å². The molecule has 0 bridgehead atoms. The molecular formula is C16H13N2O3-. The van der Waals surface area contributed by atoms with Crippen LogP contribution in [0.4, 0.5) is 0 Å². The lowest BCUT2D eigenvalue weighted by atomic mass is 10.0. The third-order valence-electron chi connectivity index (χ3n) is 3.84. The van der Waals surface area contributed by atoms with Gasteiger partial charge in [-0.05, 0) is 30.2 Å². The Morgan fingerprint density at radius 3 is 2.67 bits per heavy atom. The van der Waals surface area contributed by atoms with Gasteiger partial charge in [0.2, 0.25) is 0 Å². The lowest BCUT2D eigenvalue weighted by Crippen LogP contribution is -2.29. The number of carboxylic acids is 1. The fourth-order valence-electron chi connectivity index (χ4n) is 2.69. The smallest absolute Gasteiger partial charge is 0.255 e. The minimum absolute atomic E-state index is 0.0399. The molecule has 0 aliphatic carbocycles. The molecule has 0 saturated carbocycles. The molecule has 0 N–H and O–H groups in total. The molecule has 1 aromatic carbocycles. The highest BCUT2D eigenvalue weighted by atomic mass is 16.4. The molecule has 1 aliphatic heterocycles. The van der Waals surface area contributed by atoms with Crippen molar-refractivity contribution < 1.29 is 14.7 Å². The first-order chi connectivity index (χ1) is 10.1. The summed E-state index contributed by atoms with van der Waals surface area (Å²) >= 11 is 0. The number of nitrogens with zero attached hydrogens (tertiary/aromatic N) is 2. The second-order valence-electron chi connectivity index (χ2n) is 5.02. The van der Waals surface area contributed by atoms with E-state index >= 15 is 0 Å². The first-order valence-corrected chi connectivity index (χ1v) is 6.63. The van der Waals surface area contributed by atoms with Gasteiger partial charge in [0.05, 0.1) is 17.6 Å². The van der Waals surface area contributed by atoms with Gasteiger partial charge in [0.1, 0.15) is 0 Å². The molecule has 5 heteroatoms. The van der Waals surface area contributed by atoms with Gasteiger partial charge >= 0.3 is 0 Å². The molecule has 0 unspecified atom stereocenters. The van der Waals surface area contributed by atoms with Crippen LogP contribution in [-0.2, 0) is 6.54 Å². The van der Waals surface area contributed by atoms with E-state index in [1.807, 2.05) is 19.1 Å². The normalized spacial score (nSPS) is 14.9. The Labute approximate surface area is 121 Å². The van der Waals surface area contributed by atoms with Crippen LogP contribution in [0.15, 0.2) is 42.7 Å². The number of benzene rings is 1. The maximum absolute atomic E-state index is 12.6. The second-order valence-corrected chi connectivity index (χ2v) is 5.02. The number of aromatic nitrogens is 1. The van der Waals surface area contributed by atoms with Gasteiger partial charge in [-0.25, -0.2) is 0 Å². The van der Waals surface area contributed by atoms with Crippen molar-refractivity contribution >= 4 is 11.9 Å². The highest BCUT2D eigenvalue weighted by molar-refractivity contribution is 6.07. The number of amides is 1. The Bertz CT molecular complexity index is 713. The SMILES string of the molecule is C[C@H](c1ccncc1)N1Cc2cccc(C(=O)[O-])c2C1=O. The van der Waals surface area contributed by atoms with E-state index in [1.165, 1.54) is 6.07 Å². The van der Waals surface area contributed by atoms with Crippen LogP contribution in [0.2, 0.25) is 0 Å². The number of rotatable bonds is 3. The van der Waals surface area contributed by atoms with E-state index in [1.54, 1.807) is 29.4 Å². The van der Waals surface area contributed by atoms with Crippen LogP contribution in [0, 0.1) is 0 Å². The second kappa shape index (κ2) is 5.01. The summed E-state index contributed by atoms with van der Waals surface area (Å²) in [6.07, 6.45) is 3.35. The molecule has 1 aliphatic rings. The van der Waals surface area contributed by atoms with E-state index in [9.17, 15) is 14.7 Å². The molecule has 106 valence electrons. The number of hydrogen-bond acceptors (Lipinski definition) is 4. The van der Waals surface area contributed by atoms with Crippen molar-refractivity contribution in [2.75, 3.05) is 0 Å². The average Bonchev–Trinajstić information content (AvgIpc) is 2.84. The zero-order valence-corrected chi connectivity index (χ0v) is 11.4. The monoisotopic (exact) mass is 281 g/mol. The first kappa shape index (κ1) is 13.3. The zero-order valence-electron chi connectivity index (χ0n) is 11.4. The van der Waals surface area contributed by atoms with E-state index in [2.05, 4.69) is 4.98 Å². The number of carbonyl (C=O) groups excluding carboxylic acids is 2. The van der Waals surface area contributed by atoms with Crippen LogP contribution in [0.1, 0.15) is 44.8 Å². The molecule has 21 heavy (non-hydrogen) atoms. The molecule has 5 nitrogen and oxygen atoms in total. The number of carboxylic acid groups (broad SMARTS) is 1. The van der Waals surface area contributed by atoms with Crippen LogP contribution < -0.4 is 5.11 Å². The summed E-state index contributed by atoms with van der Waals surface area (Å²) in [6, 6.07) is 8.37. The Balaban J connectivity index is 1.98. The van der Waals surface area contributed by atoms with Gasteiger partial charge in [0.15, 0.2) is 0 Å². The van der Waals surface area contributed by atoms with Crippen molar-refractivity contribution in [3.63, 3.8) is 0 Å². The highest BCUT2D eigenvalue weighted by Gasteiger charge is 2.33. The number of pyridine rings is 1. The lowest BCUT2D eigenvalue weighted by molar-refractivity contribution is -0.255. The molecule has 1 amide bonds. The number of carbonyl (C=O) groups is 2. The molecule has 0 saturated heterocycles. The van der Waals surface area contributed by atoms with Crippen LogP contribution in [0.3, 0.4) is 0 Å². The van der Waals surface area contributed by atoms with Gasteiger partial charge in [-0.2, -0.15) is 0 Å². The molecule has 0 radical (unpaired) electrons. The molecule has 2 heterocycles. The van der Waals surface area contributed by atoms with Crippen molar-refractivity contribution in [3.05, 3.63) is 65.0 Å². The molecule has 2 aromatic rings. The zero-order chi connectivity index (χ0) is 15.0. The predicted octanol–water partition coefficient (Wildman–Crippen LogP) is 1.16. The minimum Gasteiger partial charge on any atom is -0.545 e. The molecule has 0 spiro atoms. The van der Waals surface area contributed by atoms with Crippen molar-refractivity contribution in [1.29, 1.82) is 0 Å². The number of aromatic carboxylic acids is 1. The topological polar surface area (TPSA) is 73.3 Å². The molecular weight excluding hydrogens is 268 g/mol. The van der Waals surface area contributed by atoms with E-state index < -0.39 is 5.97 Å². The average molecular weight is 281 g/mol. The Hall–Kier alpha value is -2.69. The van der Waals surface area contributed by atoms with E-state index in [4.69, 9.17) is 0 Å². The van der Waals surface area contributed by atoms with Crippen molar-refractivity contribution in [2.45, 2.75) is 19.5 Å². The third-order valence-corrected chi connectivity index (χ3v) is 3.84. The fourth-order valence-corrected chi connectivity index (χ4v) is 2.69. The molecule has 1 atom stereocenters. The fraction of sp³-hybridized carbons (Fsp3) is 0.188. The maximum Gasteiger partial charge on any atom is 0.255 e. The minimum atomic E-state index is -1.32. The Morgan fingerprint density at radius 1 is 1.29 bits per heavy atom. The van der Waals surface area contributed by atoms with Crippen LogP contribution in [-0.4, -0.2) is 21.8 Å². The highest BCUT2D eigenvalue weighted by Crippen LogP contribution is 2.32. The lowest BCUT2D eigenvalue weighted by Gasteiger charge is -2.24. The van der Waals surface area contributed by atoms with Gasteiger partial charge in [-0.1, -0.05) is 18.2 Å². The maximum atomic E-state index is 12.6. The van der Waals surface area contributed by atoms with Crippen molar-refractivity contribution in [3.8, 4) is 0 Å². The summed E-state index contributed by atoms with van der Waals surface area (Å²) in [6.45, 7) is 2.32. The van der Waals surface area contributed by atoms with Crippen molar-refractivity contribution in [1.82, 2.24) is 9.88 Å². The van der Waals surface area contributed by atoms with E-state index in [0.717, 1.165) is 11.1 Å². The summed E-state index contributed by atoms with van der Waals surface area (Å²) in [7, 11) is 0. The van der Waals surface area contributed by atoms with Gasteiger partial charge < -0.3 is 14.8 Å². The van der Waals surface area contributed by atoms with Crippen LogP contribution in [0.25, 0.3) is 0 Å². The molecule has 0 fully saturated rings. The Morgan fingerprint density at radius 2 is 2.00 bits per heavy atom. The van der Waals surface area contributed by atoms with Crippen LogP contribution in [0.5, 0.6) is 0 Å². The largest absolute Gasteiger partial charge is 0.545 e. The standard InChI is InChI=1S/C16H14N2O3/c1-10(11-5-7-17-8-6-11)18-9-12-3-2-4-13(16(20)21)14(12)15(18)19/h2-8,10H,9H2,1H3,(H,20,21)/p-1/t10-/m1/s1. The molecule has 1 aromatic heterocycles. The summed E-state index contributed by atoms with van der Waals surface area (Å²) in [5.41, 5.74) is 1.89. The van der Waals surface area contributed by atoms with Gasteiger partial charge in [0.25, 0.3) is 5.91 Å². The predicted molar refractivity (Wildman–Crippen MR) is 73.3 cm³/mol. The third kappa shape index (κ3) is 2.16. The number of hydrogen-bond donors (Lipinski definition) is 0. The summed E-state index contributed by atoms with van der Waals surface area (Å²) < 4.78 is 0. The summed E-state index contributed by atoms with van der Waals surface area (Å²) in [4.78, 5) is 29.3. The summed E-state index contributed by atoms with van der Waals surface area (Å²) in [5, 5.41) is 11.2. The molecule has 3 rings (SSSR count). The van der Waals surface area contributed by atoms with Gasteiger partial charge in [-0.3, -0.25) is 9.78 Å². The Kier molecular flexibility index (Phi) is 3.17.